The van der Waals surface area contributed by atoms with Crippen molar-refractivity contribution in [1.29, 1.82) is 0 Å². The molecule has 0 bridgehead atoms. The van der Waals surface area contributed by atoms with Gasteiger partial charge in [-0.3, -0.25) is 14.4 Å². The summed E-state index contributed by atoms with van der Waals surface area (Å²) in [6.45, 7) is -0.819. The Kier molecular flexibility index (Phi) is 7.28. The predicted molar refractivity (Wildman–Crippen MR) is 96.8 cm³/mol. The molecule has 0 aliphatic carbocycles. The van der Waals surface area contributed by atoms with Crippen LogP contribution in [-0.2, 0) is 25.5 Å². The fourth-order valence-electron chi connectivity index (χ4n) is 1.98. The second-order valence-corrected chi connectivity index (χ2v) is 6.09. The van der Waals surface area contributed by atoms with Crippen molar-refractivity contribution in [2.24, 2.45) is 0 Å². The zero-order chi connectivity index (χ0) is 18.9. The number of carbonyl (C=O) groups excluding carboxylic acids is 3. The highest BCUT2D eigenvalue weighted by atomic mass is 79.9. The summed E-state index contributed by atoms with van der Waals surface area (Å²) in [5.41, 5.74) is 0.758. The largest absolute Gasteiger partial charge is 0.455 e. The molecule has 0 atom stereocenters. The third-order valence-electron chi connectivity index (χ3n) is 3.25. The van der Waals surface area contributed by atoms with E-state index in [0.29, 0.717) is 10.2 Å². The Morgan fingerprint density at radius 1 is 1.00 bits per heavy atom. The minimum Gasteiger partial charge on any atom is -0.455 e. The molecule has 0 aromatic heterocycles. The van der Waals surface area contributed by atoms with Crippen molar-refractivity contribution in [3.8, 4) is 0 Å². The number of hydrogen-bond acceptors (Lipinski definition) is 4. The molecule has 2 rings (SSSR count). The van der Waals surface area contributed by atoms with E-state index in [9.17, 15) is 18.8 Å². The number of hydrogen-bond donors (Lipinski definition) is 2. The molecule has 2 amide bonds. The zero-order valence-electron chi connectivity index (χ0n) is 13.6. The second-order valence-electron chi connectivity index (χ2n) is 5.23. The maximum Gasteiger partial charge on any atom is 0.310 e. The summed E-state index contributed by atoms with van der Waals surface area (Å²) in [6, 6.07) is 12.8. The standard InChI is InChI=1S/C18H16BrFN2O4/c19-13-6-2-4-8-15(13)22-16(23)10-21-17(24)11-26-18(25)9-12-5-1-3-7-14(12)20/h1-8H,9-11H2,(H,21,24)(H,22,23). The van der Waals surface area contributed by atoms with E-state index in [4.69, 9.17) is 4.74 Å². The van der Waals surface area contributed by atoms with Gasteiger partial charge < -0.3 is 15.4 Å². The normalized spacial score (nSPS) is 10.1. The van der Waals surface area contributed by atoms with Crippen LogP contribution in [0.5, 0.6) is 0 Å². The Balaban J connectivity index is 1.70. The van der Waals surface area contributed by atoms with Gasteiger partial charge in [0.15, 0.2) is 6.61 Å². The van der Waals surface area contributed by atoms with E-state index in [1.807, 2.05) is 0 Å². The predicted octanol–water partition coefficient (Wildman–Crippen LogP) is 2.43. The summed E-state index contributed by atoms with van der Waals surface area (Å²) in [5, 5.41) is 4.95. The van der Waals surface area contributed by atoms with Crippen molar-refractivity contribution in [1.82, 2.24) is 5.32 Å². The van der Waals surface area contributed by atoms with Crippen LogP contribution in [0.2, 0.25) is 0 Å². The molecule has 0 radical (unpaired) electrons. The lowest BCUT2D eigenvalue weighted by Crippen LogP contribution is -2.35. The minimum atomic E-state index is -0.733. The molecule has 2 N–H and O–H groups in total. The summed E-state index contributed by atoms with van der Waals surface area (Å²) in [7, 11) is 0. The van der Waals surface area contributed by atoms with Crippen LogP contribution in [0.15, 0.2) is 53.0 Å². The molecule has 0 heterocycles. The average molecular weight is 423 g/mol. The number of rotatable bonds is 7. The van der Waals surface area contributed by atoms with Gasteiger partial charge in [-0.05, 0) is 39.7 Å². The maximum atomic E-state index is 13.4. The van der Waals surface area contributed by atoms with Gasteiger partial charge in [0.2, 0.25) is 5.91 Å². The molecule has 6 nitrogen and oxygen atoms in total. The van der Waals surface area contributed by atoms with Gasteiger partial charge in [-0.2, -0.15) is 0 Å². The highest BCUT2D eigenvalue weighted by molar-refractivity contribution is 9.10. The summed E-state index contributed by atoms with van der Waals surface area (Å²) in [4.78, 5) is 35.1. The van der Waals surface area contributed by atoms with Gasteiger partial charge in [0.25, 0.3) is 5.91 Å². The molecular formula is C18H16BrFN2O4. The van der Waals surface area contributed by atoms with Crippen LogP contribution in [-0.4, -0.2) is 30.9 Å². The number of nitrogens with one attached hydrogen (secondary N) is 2. The Bertz CT molecular complexity index is 748. The molecule has 0 fully saturated rings. The number of amides is 2. The summed E-state index contributed by atoms with van der Waals surface area (Å²) in [6.07, 6.45) is -0.275. The van der Waals surface area contributed by atoms with Crippen molar-refractivity contribution in [3.63, 3.8) is 0 Å². The molecule has 26 heavy (non-hydrogen) atoms. The summed E-state index contributed by atoms with van der Waals surface area (Å²) < 4.78 is 18.9. The Morgan fingerprint density at radius 3 is 2.42 bits per heavy atom. The lowest BCUT2D eigenvalue weighted by atomic mass is 10.1. The second kappa shape index (κ2) is 9.67. The summed E-state index contributed by atoms with van der Waals surface area (Å²) in [5.74, 6) is -2.31. The first kappa shape index (κ1) is 19.6. The third-order valence-corrected chi connectivity index (χ3v) is 3.94. The van der Waals surface area contributed by atoms with Crippen LogP contribution in [0.1, 0.15) is 5.56 Å². The van der Waals surface area contributed by atoms with Crippen molar-refractivity contribution < 1.29 is 23.5 Å². The van der Waals surface area contributed by atoms with E-state index in [0.717, 1.165) is 0 Å². The van der Waals surface area contributed by atoms with E-state index in [1.54, 1.807) is 30.3 Å². The first-order valence-corrected chi connectivity index (χ1v) is 8.45. The van der Waals surface area contributed by atoms with Gasteiger partial charge in [0, 0.05) is 4.47 Å². The van der Waals surface area contributed by atoms with Gasteiger partial charge in [-0.25, -0.2) is 4.39 Å². The SMILES string of the molecule is O=C(COC(=O)Cc1ccccc1F)NCC(=O)Nc1ccccc1Br. The first-order chi connectivity index (χ1) is 12.5. The number of carbonyl (C=O) groups is 3. The first-order valence-electron chi connectivity index (χ1n) is 7.66. The number of halogens is 2. The van der Waals surface area contributed by atoms with Crippen LogP contribution in [0.25, 0.3) is 0 Å². The van der Waals surface area contributed by atoms with E-state index in [1.165, 1.54) is 18.2 Å². The Hall–Kier alpha value is -2.74. The molecule has 0 aliphatic heterocycles. The molecule has 2 aromatic carbocycles. The molecule has 0 spiro atoms. The quantitative estimate of drug-likeness (QED) is 0.671. The van der Waals surface area contributed by atoms with Gasteiger partial charge >= 0.3 is 5.97 Å². The van der Waals surface area contributed by atoms with Crippen LogP contribution in [0.3, 0.4) is 0 Å². The lowest BCUT2D eigenvalue weighted by Gasteiger charge is -2.09. The number of esters is 1. The van der Waals surface area contributed by atoms with Gasteiger partial charge in [0.1, 0.15) is 5.82 Å². The third kappa shape index (κ3) is 6.29. The van der Waals surface area contributed by atoms with Crippen molar-refractivity contribution >= 4 is 39.4 Å². The molecule has 136 valence electrons. The van der Waals surface area contributed by atoms with E-state index in [-0.39, 0.29) is 18.5 Å². The monoisotopic (exact) mass is 422 g/mol. The molecule has 0 unspecified atom stereocenters. The fourth-order valence-corrected chi connectivity index (χ4v) is 2.37. The molecule has 0 aliphatic rings. The highest BCUT2D eigenvalue weighted by Crippen LogP contribution is 2.20. The zero-order valence-corrected chi connectivity index (χ0v) is 15.2. The van der Waals surface area contributed by atoms with E-state index in [2.05, 4.69) is 26.6 Å². The molecule has 8 heteroatoms. The smallest absolute Gasteiger partial charge is 0.310 e. The lowest BCUT2D eigenvalue weighted by molar-refractivity contribution is -0.147. The molecule has 0 saturated carbocycles. The Morgan fingerprint density at radius 2 is 1.69 bits per heavy atom. The topological polar surface area (TPSA) is 84.5 Å². The Labute approximate surface area is 157 Å². The van der Waals surface area contributed by atoms with Crippen molar-refractivity contribution in [2.45, 2.75) is 6.42 Å². The molecule has 0 saturated heterocycles. The van der Waals surface area contributed by atoms with Gasteiger partial charge in [-0.1, -0.05) is 30.3 Å². The average Bonchev–Trinajstić information content (AvgIpc) is 2.62. The van der Waals surface area contributed by atoms with Gasteiger partial charge in [-0.15, -0.1) is 0 Å². The molecular weight excluding hydrogens is 407 g/mol. The van der Waals surface area contributed by atoms with Gasteiger partial charge in [0.05, 0.1) is 18.7 Å². The number of ether oxygens (including phenoxy) is 1. The maximum absolute atomic E-state index is 13.4. The molecule has 2 aromatic rings. The van der Waals surface area contributed by atoms with E-state index >= 15 is 0 Å². The number of benzene rings is 2. The van der Waals surface area contributed by atoms with Crippen molar-refractivity contribution in [2.75, 3.05) is 18.5 Å². The highest BCUT2D eigenvalue weighted by Gasteiger charge is 2.12. The fraction of sp³-hybridized carbons (Fsp3) is 0.167. The number of anilines is 1. The number of para-hydroxylation sites is 1. The van der Waals surface area contributed by atoms with Crippen LogP contribution < -0.4 is 10.6 Å². The van der Waals surface area contributed by atoms with Crippen LogP contribution >= 0.6 is 15.9 Å². The van der Waals surface area contributed by atoms with Crippen molar-refractivity contribution in [3.05, 3.63) is 64.4 Å². The van der Waals surface area contributed by atoms with Crippen LogP contribution in [0, 0.1) is 5.82 Å². The van der Waals surface area contributed by atoms with Crippen LogP contribution in [0.4, 0.5) is 10.1 Å². The van der Waals surface area contributed by atoms with E-state index < -0.39 is 30.2 Å². The summed E-state index contributed by atoms with van der Waals surface area (Å²) >= 11 is 3.29. The minimum absolute atomic E-state index is 0.186.